The molecule has 1 aliphatic rings. The van der Waals surface area contributed by atoms with Crippen LogP contribution >= 0.6 is 0 Å². The molecule has 1 aromatic heterocycles. The Labute approximate surface area is 157 Å². The van der Waals surface area contributed by atoms with E-state index in [-0.39, 0.29) is 11.8 Å². The highest BCUT2D eigenvalue weighted by atomic mass is 19.1. The number of nitrogens with zero attached hydrogens (tertiary/aromatic N) is 3. The van der Waals surface area contributed by atoms with Gasteiger partial charge in [-0.25, -0.2) is 9.18 Å². The molecule has 2 aromatic carbocycles. The summed E-state index contributed by atoms with van der Waals surface area (Å²) < 4.78 is 12.9. The number of rotatable bonds is 3. The monoisotopic (exact) mass is 364 g/mol. The van der Waals surface area contributed by atoms with Crippen LogP contribution in [0.1, 0.15) is 5.56 Å². The summed E-state index contributed by atoms with van der Waals surface area (Å²) in [7, 11) is 0. The standard InChI is InChI=1S/C21H21FN4O/c22-18-8-6-16(7-9-18)15-24-21(27)26-13-11-25(12-14-26)19-5-1-3-17-4-2-10-23-20(17)19/h1-10H,11-15H2,(H,24,27). The van der Waals surface area contributed by atoms with Gasteiger partial charge in [0.2, 0.25) is 0 Å². The van der Waals surface area contributed by atoms with Crippen molar-refractivity contribution in [1.29, 1.82) is 0 Å². The molecule has 0 spiro atoms. The summed E-state index contributed by atoms with van der Waals surface area (Å²) in [6.45, 7) is 3.23. The number of fused-ring (bicyclic) bond motifs is 1. The number of urea groups is 1. The van der Waals surface area contributed by atoms with Crippen molar-refractivity contribution in [2.24, 2.45) is 0 Å². The van der Waals surface area contributed by atoms with Gasteiger partial charge in [0, 0.05) is 44.3 Å². The minimum atomic E-state index is -0.274. The Morgan fingerprint density at radius 2 is 1.74 bits per heavy atom. The fourth-order valence-electron chi connectivity index (χ4n) is 3.39. The van der Waals surface area contributed by atoms with Gasteiger partial charge in [-0.05, 0) is 29.8 Å². The maximum absolute atomic E-state index is 12.9. The molecule has 0 unspecified atom stereocenters. The number of carbonyl (C=O) groups is 1. The largest absolute Gasteiger partial charge is 0.366 e. The Hall–Kier alpha value is -3.15. The van der Waals surface area contributed by atoms with Gasteiger partial charge in [0.15, 0.2) is 0 Å². The zero-order chi connectivity index (χ0) is 18.6. The fourth-order valence-corrected chi connectivity index (χ4v) is 3.39. The van der Waals surface area contributed by atoms with Crippen LogP contribution in [-0.4, -0.2) is 42.1 Å². The van der Waals surface area contributed by atoms with Crippen LogP contribution in [0.4, 0.5) is 14.9 Å². The van der Waals surface area contributed by atoms with Gasteiger partial charge in [-0.3, -0.25) is 4.98 Å². The molecule has 5 nitrogen and oxygen atoms in total. The Morgan fingerprint density at radius 3 is 2.52 bits per heavy atom. The molecule has 1 fully saturated rings. The van der Waals surface area contributed by atoms with E-state index in [2.05, 4.69) is 33.4 Å². The SMILES string of the molecule is O=C(NCc1ccc(F)cc1)N1CCN(c2cccc3cccnc23)CC1. The summed E-state index contributed by atoms with van der Waals surface area (Å²) >= 11 is 0. The van der Waals surface area contributed by atoms with Gasteiger partial charge in [-0.2, -0.15) is 0 Å². The smallest absolute Gasteiger partial charge is 0.317 e. The second-order valence-corrected chi connectivity index (χ2v) is 6.61. The number of anilines is 1. The van der Waals surface area contributed by atoms with Crippen molar-refractivity contribution in [3.05, 3.63) is 72.2 Å². The molecule has 0 aliphatic carbocycles. The number of nitrogens with one attached hydrogen (secondary N) is 1. The molecule has 0 radical (unpaired) electrons. The van der Waals surface area contributed by atoms with Crippen LogP contribution in [0, 0.1) is 5.82 Å². The van der Waals surface area contributed by atoms with Crippen molar-refractivity contribution in [3.63, 3.8) is 0 Å². The third kappa shape index (κ3) is 3.84. The van der Waals surface area contributed by atoms with Crippen molar-refractivity contribution in [3.8, 4) is 0 Å². The van der Waals surface area contributed by atoms with Crippen LogP contribution in [0.15, 0.2) is 60.8 Å². The van der Waals surface area contributed by atoms with Gasteiger partial charge < -0.3 is 15.1 Å². The third-order valence-corrected chi connectivity index (χ3v) is 4.88. The lowest BCUT2D eigenvalue weighted by molar-refractivity contribution is 0.194. The molecule has 1 saturated heterocycles. The van der Waals surface area contributed by atoms with E-state index < -0.39 is 0 Å². The molecule has 1 aliphatic heterocycles. The van der Waals surface area contributed by atoms with Gasteiger partial charge >= 0.3 is 6.03 Å². The fraction of sp³-hybridized carbons (Fsp3) is 0.238. The topological polar surface area (TPSA) is 48.5 Å². The second-order valence-electron chi connectivity index (χ2n) is 6.61. The first kappa shape index (κ1) is 17.3. The van der Waals surface area contributed by atoms with Gasteiger partial charge in [0.05, 0.1) is 11.2 Å². The number of para-hydroxylation sites is 1. The second kappa shape index (κ2) is 7.61. The first-order valence-electron chi connectivity index (χ1n) is 9.06. The molecule has 138 valence electrons. The average Bonchev–Trinajstić information content (AvgIpc) is 2.73. The van der Waals surface area contributed by atoms with Crippen LogP contribution in [0.2, 0.25) is 0 Å². The minimum absolute atomic E-state index is 0.0879. The van der Waals surface area contributed by atoms with Crippen LogP contribution < -0.4 is 10.2 Å². The molecular formula is C21H21FN4O. The van der Waals surface area contributed by atoms with E-state index >= 15 is 0 Å². The highest BCUT2D eigenvalue weighted by molar-refractivity contribution is 5.90. The predicted octanol–water partition coefficient (Wildman–Crippen LogP) is 3.41. The number of hydrogen-bond acceptors (Lipinski definition) is 3. The van der Waals surface area contributed by atoms with Crippen molar-refractivity contribution in [2.75, 3.05) is 31.1 Å². The average molecular weight is 364 g/mol. The predicted molar refractivity (Wildman–Crippen MR) is 104 cm³/mol. The van der Waals surface area contributed by atoms with Gasteiger partial charge in [-0.15, -0.1) is 0 Å². The Balaban J connectivity index is 1.35. The van der Waals surface area contributed by atoms with Crippen LogP contribution in [0.5, 0.6) is 0 Å². The summed E-state index contributed by atoms with van der Waals surface area (Å²) in [6, 6.07) is 16.3. The molecule has 27 heavy (non-hydrogen) atoms. The molecule has 6 heteroatoms. The molecule has 0 saturated carbocycles. The summed E-state index contributed by atoms with van der Waals surface area (Å²) in [6.07, 6.45) is 1.81. The number of benzene rings is 2. The summed E-state index contributed by atoms with van der Waals surface area (Å²) in [5, 5.41) is 4.03. The van der Waals surface area contributed by atoms with E-state index in [4.69, 9.17) is 0 Å². The molecule has 4 rings (SSSR count). The lowest BCUT2D eigenvalue weighted by Gasteiger charge is -2.36. The van der Waals surface area contributed by atoms with E-state index in [0.717, 1.165) is 35.2 Å². The van der Waals surface area contributed by atoms with Crippen LogP contribution in [0.25, 0.3) is 10.9 Å². The summed E-state index contributed by atoms with van der Waals surface area (Å²) in [5.74, 6) is -0.274. The summed E-state index contributed by atoms with van der Waals surface area (Å²) in [5.41, 5.74) is 2.99. The van der Waals surface area contributed by atoms with Crippen molar-refractivity contribution >= 4 is 22.6 Å². The lowest BCUT2D eigenvalue weighted by atomic mass is 10.1. The summed E-state index contributed by atoms with van der Waals surface area (Å²) in [4.78, 5) is 21.0. The van der Waals surface area contributed by atoms with Crippen molar-refractivity contribution in [1.82, 2.24) is 15.2 Å². The first-order valence-corrected chi connectivity index (χ1v) is 9.06. The number of pyridine rings is 1. The first-order chi connectivity index (χ1) is 13.2. The Morgan fingerprint density at radius 1 is 1.00 bits per heavy atom. The molecule has 2 heterocycles. The Bertz CT molecular complexity index is 931. The highest BCUT2D eigenvalue weighted by Gasteiger charge is 2.22. The molecule has 0 atom stereocenters. The minimum Gasteiger partial charge on any atom is -0.366 e. The highest BCUT2D eigenvalue weighted by Crippen LogP contribution is 2.25. The zero-order valence-corrected chi connectivity index (χ0v) is 14.9. The zero-order valence-electron chi connectivity index (χ0n) is 14.9. The van der Waals surface area contributed by atoms with E-state index in [0.29, 0.717) is 19.6 Å². The van der Waals surface area contributed by atoms with Gasteiger partial charge in [0.25, 0.3) is 0 Å². The number of carbonyl (C=O) groups excluding carboxylic acids is 1. The molecule has 0 bridgehead atoms. The van der Waals surface area contributed by atoms with E-state index in [1.807, 2.05) is 23.2 Å². The quantitative estimate of drug-likeness (QED) is 0.775. The number of amides is 2. The number of aromatic nitrogens is 1. The van der Waals surface area contributed by atoms with E-state index in [1.54, 1.807) is 12.1 Å². The van der Waals surface area contributed by atoms with E-state index in [9.17, 15) is 9.18 Å². The molecule has 2 amide bonds. The maximum atomic E-state index is 12.9. The lowest BCUT2D eigenvalue weighted by Crippen LogP contribution is -2.51. The maximum Gasteiger partial charge on any atom is 0.317 e. The number of halogens is 1. The van der Waals surface area contributed by atoms with Crippen LogP contribution in [-0.2, 0) is 6.54 Å². The van der Waals surface area contributed by atoms with Crippen LogP contribution in [0.3, 0.4) is 0 Å². The molecule has 3 aromatic rings. The Kier molecular flexibility index (Phi) is 4.87. The van der Waals surface area contributed by atoms with Gasteiger partial charge in [0.1, 0.15) is 5.82 Å². The molecule has 1 N–H and O–H groups in total. The van der Waals surface area contributed by atoms with E-state index in [1.165, 1.54) is 12.1 Å². The third-order valence-electron chi connectivity index (χ3n) is 4.88. The number of hydrogen-bond donors (Lipinski definition) is 1. The van der Waals surface area contributed by atoms with Gasteiger partial charge in [-0.1, -0.05) is 30.3 Å². The van der Waals surface area contributed by atoms with Crippen molar-refractivity contribution < 1.29 is 9.18 Å². The number of piperazine rings is 1. The molecular weight excluding hydrogens is 343 g/mol. The van der Waals surface area contributed by atoms with Crippen molar-refractivity contribution in [2.45, 2.75) is 6.54 Å². The normalized spacial score (nSPS) is 14.4.